The van der Waals surface area contributed by atoms with Gasteiger partial charge in [0.15, 0.2) is 0 Å². The molecule has 0 radical (unpaired) electrons. The summed E-state index contributed by atoms with van der Waals surface area (Å²) >= 11 is 0. The second-order valence-corrected chi connectivity index (χ2v) is 10.0. The van der Waals surface area contributed by atoms with Crippen LogP contribution in [0.3, 0.4) is 0 Å². The summed E-state index contributed by atoms with van der Waals surface area (Å²) in [6, 6.07) is 11.8. The molecule has 2 aliphatic heterocycles. The highest BCUT2D eigenvalue weighted by Gasteiger charge is 2.47. The molecule has 32 heavy (non-hydrogen) atoms. The molecule has 2 unspecified atom stereocenters. The Morgan fingerprint density at radius 3 is 2.59 bits per heavy atom. The third kappa shape index (κ3) is 3.40. The number of hydrazine groups is 1. The van der Waals surface area contributed by atoms with Crippen LogP contribution in [0.25, 0.3) is 0 Å². The van der Waals surface area contributed by atoms with E-state index in [2.05, 4.69) is 10.7 Å². The smallest absolute Gasteiger partial charge is 0.322 e. The predicted octanol–water partition coefficient (Wildman–Crippen LogP) is 2.19. The first-order valence-electron chi connectivity index (χ1n) is 10.3. The Morgan fingerprint density at radius 1 is 1.19 bits per heavy atom. The molecule has 10 heteroatoms. The van der Waals surface area contributed by atoms with Crippen LogP contribution in [0.2, 0.25) is 0 Å². The first-order valence-corrected chi connectivity index (χ1v) is 11.7. The molecule has 4 amide bonds. The Bertz CT molecular complexity index is 1230. The lowest BCUT2D eigenvalue weighted by atomic mass is 10.00. The summed E-state index contributed by atoms with van der Waals surface area (Å²) in [5, 5.41) is 3.17. The third-order valence-corrected chi connectivity index (χ3v) is 7.90. The van der Waals surface area contributed by atoms with Crippen molar-refractivity contribution in [1.82, 2.24) is 15.8 Å². The van der Waals surface area contributed by atoms with Crippen molar-refractivity contribution >= 4 is 33.6 Å². The molecule has 0 bridgehead atoms. The zero-order valence-corrected chi connectivity index (χ0v) is 18.8. The van der Waals surface area contributed by atoms with Crippen molar-refractivity contribution in [3.8, 4) is 0 Å². The van der Waals surface area contributed by atoms with Crippen LogP contribution in [0.4, 0.5) is 10.5 Å². The second-order valence-electron chi connectivity index (χ2n) is 8.21. The largest absolute Gasteiger partial charge is 0.344 e. The van der Waals surface area contributed by atoms with E-state index >= 15 is 0 Å². The number of carbonyl (C=O) groups is 3. The Hall–Kier alpha value is -3.40. The topological polar surface area (TPSA) is 116 Å². The molecule has 2 aromatic carbocycles. The molecule has 0 aromatic heterocycles. The predicted molar refractivity (Wildman–Crippen MR) is 117 cm³/mol. The lowest BCUT2D eigenvalue weighted by Crippen LogP contribution is -2.48. The molecule has 1 fully saturated rings. The van der Waals surface area contributed by atoms with Gasteiger partial charge in [0.05, 0.1) is 10.6 Å². The molecule has 9 nitrogen and oxygen atoms in total. The van der Waals surface area contributed by atoms with E-state index in [0.717, 1.165) is 5.56 Å². The third-order valence-electron chi connectivity index (χ3n) is 5.98. The van der Waals surface area contributed by atoms with Gasteiger partial charge in [-0.2, -0.15) is 5.01 Å². The molecule has 168 valence electrons. The first kappa shape index (κ1) is 21.8. The minimum absolute atomic E-state index is 0.0110. The number of sulfonamides is 1. The summed E-state index contributed by atoms with van der Waals surface area (Å²) in [6.07, 6.45) is 0.950. The Balaban J connectivity index is 1.61. The Morgan fingerprint density at radius 2 is 1.91 bits per heavy atom. The van der Waals surface area contributed by atoms with E-state index in [-0.39, 0.29) is 16.5 Å². The zero-order valence-electron chi connectivity index (χ0n) is 18.0. The van der Waals surface area contributed by atoms with Gasteiger partial charge in [-0.15, -0.1) is 0 Å². The van der Waals surface area contributed by atoms with Gasteiger partial charge >= 0.3 is 6.03 Å². The van der Waals surface area contributed by atoms with Gasteiger partial charge in [0.1, 0.15) is 5.54 Å². The number of amides is 4. The van der Waals surface area contributed by atoms with E-state index in [1.54, 1.807) is 26.0 Å². The van der Waals surface area contributed by atoms with Crippen molar-refractivity contribution in [2.45, 2.75) is 50.1 Å². The van der Waals surface area contributed by atoms with E-state index in [1.165, 1.54) is 28.6 Å². The fourth-order valence-electron chi connectivity index (χ4n) is 4.01. The van der Waals surface area contributed by atoms with Gasteiger partial charge in [0.25, 0.3) is 21.8 Å². The van der Waals surface area contributed by atoms with Crippen molar-refractivity contribution in [3.63, 3.8) is 0 Å². The lowest BCUT2D eigenvalue weighted by Gasteiger charge is -2.24. The number of fused-ring (bicyclic) bond motifs is 1. The summed E-state index contributed by atoms with van der Waals surface area (Å²) in [6.45, 7) is 5.15. The summed E-state index contributed by atoms with van der Waals surface area (Å²) < 4.78 is 28.2. The molecule has 2 N–H and O–H groups in total. The van der Waals surface area contributed by atoms with Crippen LogP contribution in [-0.2, 0) is 21.2 Å². The van der Waals surface area contributed by atoms with Crippen molar-refractivity contribution in [3.05, 3.63) is 59.7 Å². The summed E-state index contributed by atoms with van der Waals surface area (Å²) in [5.74, 6) is -1.34. The van der Waals surface area contributed by atoms with E-state index in [9.17, 15) is 22.8 Å². The highest BCUT2D eigenvalue weighted by molar-refractivity contribution is 7.92. The number of imide groups is 1. The number of anilines is 1. The summed E-state index contributed by atoms with van der Waals surface area (Å²) in [4.78, 5) is 37.4. The minimum Gasteiger partial charge on any atom is -0.322 e. The molecule has 2 atom stereocenters. The maximum Gasteiger partial charge on any atom is 0.344 e. The standard InChI is InChI=1S/C22H24N4O5S/c1-4-22(3)20(28)25(21(29)23-22)24-19(27)16-9-7-10-17(13-16)32(30,31)26-14(2)12-15-8-5-6-11-18(15)26/h5-11,13-14H,4,12H2,1-3H3,(H,23,29)(H,24,27). The molecular weight excluding hydrogens is 432 g/mol. The first-order chi connectivity index (χ1) is 15.1. The number of nitrogens with one attached hydrogen (secondary N) is 2. The van der Waals surface area contributed by atoms with Crippen LogP contribution in [0.15, 0.2) is 53.4 Å². The normalized spacial score (nSPS) is 22.7. The summed E-state index contributed by atoms with van der Waals surface area (Å²) in [5.41, 5.74) is 2.75. The monoisotopic (exact) mass is 456 g/mol. The zero-order chi connectivity index (χ0) is 23.3. The van der Waals surface area contributed by atoms with Crippen LogP contribution < -0.4 is 15.0 Å². The summed E-state index contributed by atoms with van der Waals surface area (Å²) in [7, 11) is -3.94. The number of hydrogen-bond donors (Lipinski definition) is 2. The fraction of sp³-hybridized carbons (Fsp3) is 0.318. The minimum atomic E-state index is -3.94. The van der Waals surface area contributed by atoms with Crippen LogP contribution in [-0.4, -0.2) is 42.9 Å². The SMILES string of the molecule is CCC1(C)NC(=O)N(NC(=O)c2cccc(S(=O)(=O)N3c4ccccc4CC3C)c2)C1=O. The van der Waals surface area contributed by atoms with Crippen molar-refractivity contribution in [2.24, 2.45) is 0 Å². The van der Waals surface area contributed by atoms with E-state index in [4.69, 9.17) is 0 Å². The molecule has 4 rings (SSSR count). The van der Waals surface area contributed by atoms with Gasteiger partial charge in [-0.1, -0.05) is 31.2 Å². The number of benzene rings is 2. The van der Waals surface area contributed by atoms with Gasteiger partial charge in [-0.25, -0.2) is 13.2 Å². The number of carbonyl (C=O) groups excluding carboxylic acids is 3. The van der Waals surface area contributed by atoms with Crippen LogP contribution in [0.1, 0.15) is 43.1 Å². The average Bonchev–Trinajstić information content (AvgIpc) is 3.22. The number of hydrogen-bond acceptors (Lipinski definition) is 5. The van der Waals surface area contributed by atoms with Gasteiger partial charge < -0.3 is 5.32 Å². The number of urea groups is 1. The highest BCUT2D eigenvalue weighted by Crippen LogP contribution is 2.36. The van der Waals surface area contributed by atoms with E-state index in [0.29, 0.717) is 23.5 Å². The number of para-hydroxylation sites is 1. The molecule has 0 saturated carbocycles. The number of nitrogens with zero attached hydrogens (tertiary/aromatic N) is 2. The van der Waals surface area contributed by atoms with Gasteiger partial charge in [-0.3, -0.25) is 19.3 Å². The van der Waals surface area contributed by atoms with Crippen molar-refractivity contribution in [2.75, 3.05) is 4.31 Å². The van der Waals surface area contributed by atoms with Gasteiger partial charge in [0.2, 0.25) is 0 Å². The average molecular weight is 457 g/mol. The maximum absolute atomic E-state index is 13.4. The second kappa shape index (κ2) is 7.63. The lowest BCUT2D eigenvalue weighted by molar-refractivity contribution is -0.132. The van der Waals surface area contributed by atoms with Crippen LogP contribution in [0, 0.1) is 0 Å². The molecule has 1 saturated heterocycles. The molecule has 0 spiro atoms. The van der Waals surface area contributed by atoms with E-state index in [1.807, 2.05) is 19.1 Å². The van der Waals surface area contributed by atoms with E-state index < -0.39 is 33.4 Å². The molecule has 2 aliphatic rings. The van der Waals surface area contributed by atoms with Gasteiger partial charge in [-0.05, 0) is 56.5 Å². The molecule has 2 aromatic rings. The van der Waals surface area contributed by atoms with Crippen LogP contribution in [0.5, 0.6) is 0 Å². The van der Waals surface area contributed by atoms with Crippen molar-refractivity contribution < 1.29 is 22.8 Å². The highest BCUT2D eigenvalue weighted by atomic mass is 32.2. The fourth-order valence-corrected chi connectivity index (χ4v) is 5.75. The number of rotatable bonds is 5. The van der Waals surface area contributed by atoms with Gasteiger partial charge in [0, 0.05) is 11.6 Å². The Kier molecular flexibility index (Phi) is 5.20. The van der Waals surface area contributed by atoms with Crippen molar-refractivity contribution in [1.29, 1.82) is 0 Å². The van der Waals surface area contributed by atoms with Crippen LogP contribution >= 0.6 is 0 Å². The molecular formula is C22H24N4O5S. The molecule has 0 aliphatic carbocycles. The molecule has 2 heterocycles. The maximum atomic E-state index is 13.4. The Labute approximate surface area is 186 Å². The quantitative estimate of drug-likeness (QED) is 0.669.